The Morgan fingerprint density at radius 1 is 0.946 bits per heavy atom. The van der Waals surface area contributed by atoms with E-state index in [0.29, 0.717) is 47.6 Å². The molecular weight excluding hydrogens is 598 g/mol. The van der Waals surface area contributed by atoms with Crippen LogP contribution in [0.15, 0.2) is 86.5 Å². The normalized spacial score (nSPS) is 12.1. The third kappa shape index (κ3) is 6.29. The number of fused-ring (bicyclic) bond motifs is 1. The summed E-state index contributed by atoms with van der Waals surface area (Å²) in [5.74, 6) is 0.526. The molecule has 4 rings (SSSR count). The molecule has 9 heteroatoms. The van der Waals surface area contributed by atoms with E-state index in [4.69, 9.17) is 4.98 Å². The summed E-state index contributed by atoms with van der Waals surface area (Å²) < 4.78 is 3.48. The summed E-state index contributed by atoms with van der Waals surface area (Å²) in [4.78, 5) is 36.3. The largest absolute Gasteiger partial charge is 0.322 e. The van der Waals surface area contributed by atoms with Crippen molar-refractivity contribution in [3.63, 3.8) is 0 Å². The zero-order valence-corrected chi connectivity index (χ0v) is 24.2. The molecule has 0 saturated heterocycles. The van der Waals surface area contributed by atoms with Crippen molar-refractivity contribution >= 4 is 54.5 Å². The number of hydrogen-bond acceptors (Lipinski definition) is 4. The van der Waals surface area contributed by atoms with E-state index in [1.165, 1.54) is 0 Å². The van der Waals surface area contributed by atoms with Crippen molar-refractivity contribution in [2.75, 3.05) is 32.5 Å². The van der Waals surface area contributed by atoms with E-state index in [1.807, 2.05) is 92.6 Å². The van der Waals surface area contributed by atoms with E-state index in [1.54, 1.807) is 15.5 Å². The van der Waals surface area contributed by atoms with Crippen molar-refractivity contribution in [1.82, 2.24) is 19.4 Å². The Morgan fingerprint density at radius 3 is 2.19 bits per heavy atom. The lowest BCUT2D eigenvalue weighted by atomic mass is 10.1. The summed E-state index contributed by atoms with van der Waals surface area (Å²) in [7, 11) is 3.94. The zero-order valence-electron chi connectivity index (χ0n) is 21.0. The SMILES string of the molecule is CCC(c1nc2ccccc2c(=O)n1-c1ccc(Br)cc1)N(CCN(C)C)C(=O)Nc1ccc(Br)cc1. The van der Waals surface area contributed by atoms with Crippen LogP contribution in [0.1, 0.15) is 25.2 Å². The summed E-state index contributed by atoms with van der Waals surface area (Å²) in [6.07, 6.45) is 0.572. The third-order valence-corrected chi connectivity index (χ3v) is 7.15. The number of carbonyl (C=O) groups excluding carboxylic acids is 1. The molecule has 0 saturated carbocycles. The van der Waals surface area contributed by atoms with Crippen LogP contribution in [0.2, 0.25) is 0 Å². The zero-order chi connectivity index (χ0) is 26.5. The number of anilines is 1. The lowest BCUT2D eigenvalue weighted by molar-refractivity contribution is 0.173. The van der Waals surface area contributed by atoms with Crippen molar-refractivity contribution in [3.05, 3.63) is 97.9 Å². The van der Waals surface area contributed by atoms with Crippen LogP contribution in [0.4, 0.5) is 10.5 Å². The Balaban J connectivity index is 1.85. The average Bonchev–Trinajstić information content (AvgIpc) is 2.88. The molecule has 0 aliphatic rings. The van der Waals surface area contributed by atoms with Gasteiger partial charge in [0.15, 0.2) is 0 Å². The fourth-order valence-corrected chi connectivity index (χ4v) is 4.72. The van der Waals surface area contributed by atoms with Gasteiger partial charge in [0, 0.05) is 27.7 Å². The highest BCUT2D eigenvalue weighted by atomic mass is 79.9. The number of para-hydroxylation sites is 1. The van der Waals surface area contributed by atoms with Crippen molar-refractivity contribution in [2.24, 2.45) is 0 Å². The van der Waals surface area contributed by atoms with Crippen LogP contribution in [0, 0.1) is 0 Å². The summed E-state index contributed by atoms with van der Waals surface area (Å²) in [5, 5.41) is 3.55. The first kappa shape index (κ1) is 27.0. The molecule has 0 fully saturated rings. The second kappa shape index (κ2) is 12.0. The molecule has 2 amide bonds. The number of aromatic nitrogens is 2. The van der Waals surface area contributed by atoms with Gasteiger partial charge >= 0.3 is 6.03 Å². The molecule has 1 N–H and O–H groups in total. The highest BCUT2D eigenvalue weighted by molar-refractivity contribution is 9.10. The fourth-order valence-electron chi connectivity index (χ4n) is 4.19. The first-order valence-electron chi connectivity index (χ1n) is 12.0. The van der Waals surface area contributed by atoms with Gasteiger partial charge in [0.05, 0.1) is 22.6 Å². The van der Waals surface area contributed by atoms with Gasteiger partial charge in [-0.1, -0.05) is 50.9 Å². The number of halogens is 2. The Labute approximate surface area is 233 Å². The van der Waals surface area contributed by atoms with Crippen molar-refractivity contribution in [1.29, 1.82) is 0 Å². The van der Waals surface area contributed by atoms with Crippen LogP contribution in [0.25, 0.3) is 16.6 Å². The lowest BCUT2D eigenvalue weighted by Gasteiger charge is -2.33. The van der Waals surface area contributed by atoms with Crippen molar-refractivity contribution in [2.45, 2.75) is 19.4 Å². The molecule has 0 bridgehead atoms. The van der Waals surface area contributed by atoms with E-state index in [-0.39, 0.29) is 11.6 Å². The van der Waals surface area contributed by atoms with E-state index in [2.05, 4.69) is 37.2 Å². The van der Waals surface area contributed by atoms with Crippen LogP contribution in [0.5, 0.6) is 0 Å². The second-order valence-corrected chi connectivity index (χ2v) is 10.8. The number of hydrogen-bond donors (Lipinski definition) is 1. The minimum atomic E-state index is -0.448. The first-order chi connectivity index (χ1) is 17.8. The molecule has 7 nitrogen and oxygen atoms in total. The molecule has 0 radical (unpaired) electrons. The van der Waals surface area contributed by atoms with Gasteiger partial charge < -0.3 is 15.1 Å². The number of rotatable bonds is 8. The van der Waals surface area contributed by atoms with Gasteiger partial charge in [-0.2, -0.15) is 0 Å². The van der Waals surface area contributed by atoms with E-state index >= 15 is 0 Å². The maximum absolute atomic E-state index is 13.8. The predicted octanol–water partition coefficient (Wildman–Crippen LogP) is 6.46. The quantitative estimate of drug-likeness (QED) is 0.244. The van der Waals surface area contributed by atoms with Gasteiger partial charge in [-0.3, -0.25) is 9.36 Å². The molecule has 3 aromatic carbocycles. The number of likely N-dealkylation sites (N-methyl/N-ethyl adjacent to an activating group) is 1. The Kier molecular flexibility index (Phi) is 8.79. The summed E-state index contributed by atoms with van der Waals surface area (Å²) >= 11 is 6.91. The topological polar surface area (TPSA) is 70.5 Å². The molecule has 1 unspecified atom stereocenters. The maximum Gasteiger partial charge on any atom is 0.322 e. The number of nitrogens with zero attached hydrogens (tertiary/aromatic N) is 4. The number of carbonyl (C=O) groups is 1. The van der Waals surface area contributed by atoms with Gasteiger partial charge in [-0.05, 0) is 81.2 Å². The Morgan fingerprint density at radius 2 is 1.57 bits per heavy atom. The number of amides is 2. The minimum Gasteiger partial charge on any atom is -0.313 e. The lowest BCUT2D eigenvalue weighted by Crippen LogP contribution is -2.43. The van der Waals surface area contributed by atoms with E-state index in [9.17, 15) is 9.59 Å². The fraction of sp³-hybridized carbons (Fsp3) is 0.250. The van der Waals surface area contributed by atoms with Gasteiger partial charge in [0.1, 0.15) is 5.82 Å². The van der Waals surface area contributed by atoms with Crippen molar-refractivity contribution < 1.29 is 4.79 Å². The molecule has 0 spiro atoms. The highest BCUT2D eigenvalue weighted by Gasteiger charge is 2.29. The molecule has 1 atom stereocenters. The van der Waals surface area contributed by atoms with Gasteiger partial charge in [-0.15, -0.1) is 0 Å². The van der Waals surface area contributed by atoms with Gasteiger partial charge in [-0.25, -0.2) is 9.78 Å². The molecule has 1 heterocycles. The predicted molar refractivity (Wildman–Crippen MR) is 156 cm³/mol. The molecule has 192 valence electrons. The molecule has 0 aliphatic carbocycles. The molecular formula is C28H29Br2N5O2. The summed E-state index contributed by atoms with van der Waals surface area (Å²) in [5.41, 5.74) is 1.83. The standard InChI is InChI=1S/C28H29Br2N5O2/c1-4-25(34(18-17-33(2)3)28(37)31-21-13-9-19(29)10-14-21)26-32-24-8-6-5-7-23(24)27(36)35(26)22-15-11-20(30)12-16-22/h5-16,25H,4,17-18H2,1-3H3,(H,31,37). The molecule has 0 aliphatic heterocycles. The molecule has 37 heavy (non-hydrogen) atoms. The van der Waals surface area contributed by atoms with Crippen molar-refractivity contribution in [3.8, 4) is 5.69 Å². The smallest absolute Gasteiger partial charge is 0.313 e. The van der Waals surface area contributed by atoms with Crippen LogP contribution in [-0.4, -0.2) is 52.6 Å². The van der Waals surface area contributed by atoms with Crippen LogP contribution in [0.3, 0.4) is 0 Å². The van der Waals surface area contributed by atoms with Crippen LogP contribution >= 0.6 is 31.9 Å². The van der Waals surface area contributed by atoms with Crippen LogP contribution < -0.4 is 10.9 Å². The van der Waals surface area contributed by atoms with Gasteiger partial charge in [0.25, 0.3) is 5.56 Å². The molecule has 4 aromatic rings. The minimum absolute atomic E-state index is 0.165. The third-order valence-electron chi connectivity index (χ3n) is 6.09. The second-order valence-electron chi connectivity index (χ2n) is 8.96. The van der Waals surface area contributed by atoms with Gasteiger partial charge in [0.2, 0.25) is 0 Å². The highest BCUT2D eigenvalue weighted by Crippen LogP contribution is 2.27. The number of benzene rings is 3. The maximum atomic E-state index is 13.8. The van der Waals surface area contributed by atoms with E-state index < -0.39 is 6.04 Å². The monoisotopic (exact) mass is 625 g/mol. The molecule has 1 aromatic heterocycles. The van der Waals surface area contributed by atoms with Crippen LogP contribution in [-0.2, 0) is 0 Å². The summed E-state index contributed by atoms with van der Waals surface area (Å²) in [6, 6.07) is 21.6. The number of nitrogens with one attached hydrogen (secondary N) is 1. The average molecular weight is 627 g/mol. The Hall–Kier alpha value is -3.01. The Bertz CT molecular complexity index is 1440. The first-order valence-corrected chi connectivity index (χ1v) is 13.6. The number of urea groups is 1. The van der Waals surface area contributed by atoms with E-state index in [0.717, 1.165) is 8.95 Å². The summed E-state index contributed by atoms with van der Waals surface area (Å²) in [6.45, 7) is 3.12.